The van der Waals surface area contributed by atoms with Gasteiger partial charge in [0.25, 0.3) is 5.91 Å². The van der Waals surface area contributed by atoms with Crippen molar-refractivity contribution in [1.29, 1.82) is 0 Å². The van der Waals surface area contributed by atoms with Crippen molar-refractivity contribution in [2.75, 3.05) is 6.54 Å². The number of carbonyl (C=O) groups is 1. The van der Waals surface area contributed by atoms with Gasteiger partial charge in [-0.05, 0) is 37.5 Å². The summed E-state index contributed by atoms with van der Waals surface area (Å²) in [5, 5.41) is 2.91. The van der Waals surface area contributed by atoms with Crippen LogP contribution in [-0.4, -0.2) is 17.4 Å². The largest absolute Gasteiger partial charge is 0.441 e. The van der Waals surface area contributed by atoms with Gasteiger partial charge >= 0.3 is 0 Å². The summed E-state index contributed by atoms with van der Waals surface area (Å²) < 4.78 is 5.63. The number of carbonyl (C=O) groups excluding carboxylic acids is 1. The Morgan fingerprint density at radius 1 is 1.04 bits per heavy atom. The zero-order valence-corrected chi connectivity index (χ0v) is 13.7. The summed E-state index contributed by atoms with van der Waals surface area (Å²) in [6, 6.07) is 19.8. The highest BCUT2D eigenvalue weighted by Gasteiger charge is 2.17. The van der Waals surface area contributed by atoms with E-state index in [-0.39, 0.29) is 5.91 Å². The molecule has 24 heavy (non-hydrogen) atoms. The zero-order valence-electron chi connectivity index (χ0n) is 13.7. The molecule has 0 radical (unpaired) electrons. The summed E-state index contributed by atoms with van der Waals surface area (Å²) in [4.78, 5) is 16.6. The summed E-state index contributed by atoms with van der Waals surface area (Å²) in [6.45, 7) is 2.37. The Morgan fingerprint density at radius 3 is 2.42 bits per heavy atom. The number of hydrogen-bond acceptors (Lipinski definition) is 3. The molecule has 0 unspecified atom stereocenters. The van der Waals surface area contributed by atoms with Crippen LogP contribution in [0.3, 0.4) is 0 Å². The lowest BCUT2D eigenvalue weighted by molar-refractivity contribution is 0.0947. The topological polar surface area (TPSA) is 55.1 Å². The Hall–Kier alpha value is -2.88. The Kier molecular flexibility index (Phi) is 5.06. The van der Waals surface area contributed by atoms with Crippen LogP contribution in [-0.2, 0) is 6.42 Å². The smallest absolute Gasteiger partial charge is 0.273 e. The summed E-state index contributed by atoms with van der Waals surface area (Å²) in [7, 11) is 0. The van der Waals surface area contributed by atoms with Crippen LogP contribution in [0.15, 0.2) is 65.1 Å². The number of aromatic nitrogens is 1. The molecule has 0 aliphatic carbocycles. The van der Waals surface area contributed by atoms with Crippen LogP contribution in [0.1, 0.15) is 28.2 Å². The van der Waals surface area contributed by atoms with Crippen LogP contribution in [0, 0.1) is 6.92 Å². The van der Waals surface area contributed by atoms with Gasteiger partial charge in [-0.3, -0.25) is 4.79 Å². The Labute approximate surface area is 141 Å². The Morgan fingerprint density at radius 2 is 1.71 bits per heavy atom. The molecule has 4 nitrogen and oxygen atoms in total. The maximum Gasteiger partial charge on any atom is 0.273 e. The second-order valence-corrected chi connectivity index (χ2v) is 5.63. The first-order valence-corrected chi connectivity index (χ1v) is 8.09. The third-order valence-electron chi connectivity index (χ3n) is 3.80. The first-order valence-electron chi connectivity index (χ1n) is 8.09. The number of benzene rings is 2. The van der Waals surface area contributed by atoms with E-state index in [4.69, 9.17) is 4.42 Å². The van der Waals surface area contributed by atoms with Crippen molar-refractivity contribution in [1.82, 2.24) is 10.3 Å². The highest BCUT2D eigenvalue weighted by atomic mass is 16.4. The van der Waals surface area contributed by atoms with Crippen molar-refractivity contribution in [2.45, 2.75) is 19.8 Å². The molecule has 1 aromatic heterocycles. The molecule has 3 rings (SSSR count). The summed E-state index contributed by atoms with van der Waals surface area (Å²) in [5.74, 6) is 0.823. The van der Waals surface area contributed by atoms with Gasteiger partial charge in [0, 0.05) is 12.1 Å². The molecule has 0 saturated carbocycles. The van der Waals surface area contributed by atoms with Gasteiger partial charge in [0.1, 0.15) is 5.76 Å². The molecule has 2 aromatic carbocycles. The second-order valence-electron chi connectivity index (χ2n) is 5.63. The van der Waals surface area contributed by atoms with Crippen molar-refractivity contribution in [2.24, 2.45) is 0 Å². The van der Waals surface area contributed by atoms with Gasteiger partial charge in [-0.2, -0.15) is 0 Å². The van der Waals surface area contributed by atoms with Crippen LogP contribution in [0.2, 0.25) is 0 Å². The maximum atomic E-state index is 12.3. The zero-order chi connectivity index (χ0) is 16.8. The summed E-state index contributed by atoms with van der Waals surface area (Å²) in [6.07, 6.45) is 1.83. The molecule has 1 N–H and O–H groups in total. The fraction of sp³-hybridized carbons (Fsp3) is 0.200. The first kappa shape index (κ1) is 16.0. The average Bonchev–Trinajstić information content (AvgIpc) is 3.02. The number of aryl methyl sites for hydroxylation is 2. The molecule has 0 spiro atoms. The van der Waals surface area contributed by atoms with E-state index in [2.05, 4.69) is 22.4 Å². The third-order valence-corrected chi connectivity index (χ3v) is 3.80. The highest BCUT2D eigenvalue weighted by molar-refractivity contribution is 5.93. The fourth-order valence-electron chi connectivity index (χ4n) is 2.53. The van der Waals surface area contributed by atoms with Gasteiger partial charge in [-0.25, -0.2) is 4.98 Å². The van der Waals surface area contributed by atoms with Gasteiger partial charge in [-0.15, -0.1) is 0 Å². The molecule has 0 atom stereocenters. The molecule has 0 fully saturated rings. The van der Waals surface area contributed by atoms with Crippen LogP contribution < -0.4 is 5.32 Å². The lowest BCUT2D eigenvalue weighted by Crippen LogP contribution is -2.25. The molecule has 1 heterocycles. The van der Waals surface area contributed by atoms with Crippen LogP contribution in [0.25, 0.3) is 11.5 Å². The van der Waals surface area contributed by atoms with Crippen molar-refractivity contribution in [3.8, 4) is 11.5 Å². The van der Waals surface area contributed by atoms with E-state index in [1.807, 2.05) is 48.5 Å². The summed E-state index contributed by atoms with van der Waals surface area (Å²) in [5.41, 5.74) is 2.49. The highest BCUT2D eigenvalue weighted by Crippen LogP contribution is 2.21. The quantitative estimate of drug-likeness (QED) is 0.698. The minimum absolute atomic E-state index is 0.188. The standard InChI is InChI=1S/C20H20N2O2/c1-15-18(22-20(24-15)17-12-6-3-7-13-17)19(23)21-14-8-11-16-9-4-2-5-10-16/h2-7,9-10,12-13H,8,11,14H2,1H3,(H,21,23). The summed E-state index contributed by atoms with van der Waals surface area (Å²) >= 11 is 0. The van der Waals surface area contributed by atoms with Gasteiger partial charge in [0.2, 0.25) is 5.89 Å². The first-order chi connectivity index (χ1) is 11.7. The molecule has 0 aliphatic heterocycles. The number of rotatable bonds is 6. The van der Waals surface area contributed by atoms with E-state index < -0.39 is 0 Å². The Balaban J connectivity index is 1.56. The van der Waals surface area contributed by atoms with Crippen molar-refractivity contribution < 1.29 is 9.21 Å². The minimum Gasteiger partial charge on any atom is -0.441 e. The predicted octanol–water partition coefficient (Wildman–Crippen LogP) is 4.01. The molecule has 1 amide bonds. The molecule has 122 valence electrons. The lowest BCUT2D eigenvalue weighted by atomic mass is 10.1. The fourth-order valence-corrected chi connectivity index (χ4v) is 2.53. The molecule has 0 bridgehead atoms. The maximum absolute atomic E-state index is 12.3. The molecule has 3 aromatic rings. The number of nitrogens with zero attached hydrogens (tertiary/aromatic N) is 1. The number of nitrogens with one attached hydrogen (secondary N) is 1. The average molecular weight is 320 g/mol. The van der Waals surface area contributed by atoms with E-state index >= 15 is 0 Å². The predicted molar refractivity (Wildman–Crippen MR) is 93.8 cm³/mol. The lowest BCUT2D eigenvalue weighted by Gasteiger charge is -2.03. The van der Waals surface area contributed by atoms with Crippen molar-refractivity contribution in [3.63, 3.8) is 0 Å². The van der Waals surface area contributed by atoms with Crippen LogP contribution >= 0.6 is 0 Å². The van der Waals surface area contributed by atoms with E-state index in [0.717, 1.165) is 18.4 Å². The molecule has 0 saturated heterocycles. The minimum atomic E-state index is -0.188. The Bertz CT molecular complexity index is 795. The third kappa shape index (κ3) is 3.90. The SMILES string of the molecule is Cc1oc(-c2ccccc2)nc1C(=O)NCCCc1ccccc1. The normalized spacial score (nSPS) is 10.5. The molecule has 4 heteroatoms. The van der Waals surface area contributed by atoms with Gasteiger partial charge in [0.15, 0.2) is 5.69 Å². The number of hydrogen-bond donors (Lipinski definition) is 1. The monoisotopic (exact) mass is 320 g/mol. The van der Waals surface area contributed by atoms with E-state index in [1.54, 1.807) is 6.92 Å². The van der Waals surface area contributed by atoms with Crippen LogP contribution in [0.5, 0.6) is 0 Å². The second kappa shape index (κ2) is 7.59. The van der Waals surface area contributed by atoms with E-state index in [0.29, 0.717) is 23.9 Å². The van der Waals surface area contributed by atoms with E-state index in [9.17, 15) is 4.79 Å². The molecular weight excluding hydrogens is 300 g/mol. The number of oxazole rings is 1. The van der Waals surface area contributed by atoms with Crippen LogP contribution in [0.4, 0.5) is 0 Å². The van der Waals surface area contributed by atoms with Crippen molar-refractivity contribution in [3.05, 3.63) is 77.7 Å². The van der Waals surface area contributed by atoms with Gasteiger partial charge in [0.05, 0.1) is 0 Å². The van der Waals surface area contributed by atoms with Gasteiger partial charge < -0.3 is 9.73 Å². The van der Waals surface area contributed by atoms with E-state index in [1.165, 1.54) is 5.56 Å². The molecule has 0 aliphatic rings. The number of amides is 1. The molecular formula is C20H20N2O2. The van der Waals surface area contributed by atoms with Crippen molar-refractivity contribution >= 4 is 5.91 Å². The van der Waals surface area contributed by atoms with Gasteiger partial charge in [-0.1, -0.05) is 48.5 Å².